The van der Waals surface area contributed by atoms with Crippen molar-refractivity contribution in [3.05, 3.63) is 63.6 Å². The highest BCUT2D eigenvalue weighted by Crippen LogP contribution is 2.55. The molecule has 210 valence electrons. The Hall–Kier alpha value is -2.12. The Labute approximate surface area is 241 Å². The van der Waals surface area contributed by atoms with Crippen molar-refractivity contribution in [1.82, 2.24) is 9.80 Å². The predicted octanol–water partition coefficient (Wildman–Crippen LogP) is 5.91. The summed E-state index contributed by atoms with van der Waals surface area (Å²) < 4.78 is 12.0. The fourth-order valence-corrected chi connectivity index (χ4v) is 7.21. The van der Waals surface area contributed by atoms with E-state index >= 15 is 0 Å². The molecule has 39 heavy (non-hydrogen) atoms. The van der Waals surface area contributed by atoms with Crippen molar-refractivity contribution < 1.29 is 19.1 Å². The average molecular weight is 574 g/mol. The van der Waals surface area contributed by atoms with Crippen LogP contribution in [0.15, 0.2) is 42.5 Å². The van der Waals surface area contributed by atoms with Crippen LogP contribution in [0.1, 0.15) is 56.6 Å². The number of likely N-dealkylation sites (tertiary alicyclic amines) is 1. The number of esters is 1. The van der Waals surface area contributed by atoms with Crippen molar-refractivity contribution >= 4 is 35.1 Å². The third-order valence-electron chi connectivity index (χ3n) is 9.20. The lowest BCUT2D eigenvalue weighted by Crippen LogP contribution is -2.68. The zero-order valence-corrected chi connectivity index (χ0v) is 24.6. The molecule has 2 aromatic rings. The molecule has 2 aromatic carbocycles. The summed E-state index contributed by atoms with van der Waals surface area (Å²) in [6.45, 7) is 4.39. The minimum Gasteiger partial charge on any atom is -0.427 e. The van der Waals surface area contributed by atoms with Crippen LogP contribution in [0.5, 0.6) is 5.75 Å². The van der Waals surface area contributed by atoms with Gasteiger partial charge in [0.25, 0.3) is 0 Å². The summed E-state index contributed by atoms with van der Waals surface area (Å²) in [5.41, 5.74) is 1.25. The molecule has 1 heterocycles. The van der Waals surface area contributed by atoms with E-state index in [1.807, 2.05) is 43.3 Å². The molecule has 8 heteroatoms. The molecule has 3 fully saturated rings. The van der Waals surface area contributed by atoms with Crippen molar-refractivity contribution in [2.75, 3.05) is 33.8 Å². The van der Waals surface area contributed by atoms with Gasteiger partial charge in [-0.1, -0.05) is 41.4 Å². The quantitative estimate of drug-likeness (QED) is 0.290. The molecule has 1 saturated heterocycles. The molecule has 1 aliphatic heterocycles. The third kappa shape index (κ3) is 5.85. The van der Waals surface area contributed by atoms with Gasteiger partial charge in [-0.15, -0.1) is 0 Å². The minimum absolute atomic E-state index is 0.0518. The number of amides is 1. The van der Waals surface area contributed by atoms with E-state index in [1.165, 1.54) is 19.8 Å². The fourth-order valence-electron chi connectivity index (χ4n) is 6.89. The van der Waals surface area contributed by atoms with Crippen molar-refractivity contribution in [2.24, 2.45) is 5.92 Å². The molecule has 3 atom stereocenters. The lowest BCUT2D eigenvalue weighted by Gasteiger charge is -2.60. The number of fused-ring (bicyclic) bond motifs is 1. The number of piperidine rings is 1. The molecule has 2 aliphatic carbocycles. The molecule has 0 bridgehead atoms. The molecule has 6 nitrogen and oxygen atoms in total. The lowest BCUT2D eigenvalue weighted by molar-refractivity contribution is -0.160. The highest BCUT2D eigenvalue weighted by Gasteiger charge is 2.59. The SMILES string of the molecule is CO[C@]12CC[C@H](N(C)C(=O)Cc3ccc(Cl)c(Cl)c3)C[C@]1(c1cccc(OC(C)=O)c1)CCN(CC1CC1)C2. The van der Waals surface area contributed by atoms with Gasteiger partial charge < -0.3 is 19.3 Å². The fraction of sp³-hybridized carbons (Fsp3) is 0.548. The first kappa shape index (κ1) is 28.4. The number of hydrogen-bond donors (Lipinski definition) is 0. The first-order chi connectivity index (χ1) is 18.6. The summed E-state index contributed by atoms with van der Waals surface area (Å²) in [5.74, 6) is 1.07. The van der Waals surface area contributed by atoms with Crippen molar-refractivity contribution in [3.63, 3.8) is 0 Å². The normalized spacial score (nSPS) is 27.1. The van der Waals surface area contributed by atoms with Gasteiger partial charge in [-0.25, -0.2) is 0 Å². The molecule has 0 N–H and O–H groups in total. The lowest BCUT2D eigenvalue weighted by atomic mass is 9.55. The highest BCUT2D eigenvalue weighted by molar-refractivity contribution is 6.42. The molecule has 3 aliphatic rings. The van der Waals surface area contributed by atoms with E-state index in [0.29, 0.717) is 15.8 Å². The van der Waals surface area contributed by atoms with Gasteiger partial charge in [-0.05, 0) is 86.4 Å². The summed E-state index contributed by atoms with van der Waals surface area (Å²) in [5, 5.41) is 0.937. The largest absolute Gasteiger partial charge is 0.427 e. The number of rotatable bonds is 8. The van der Waals surface area contributed by atoms with E-state index in [4.69, 9.17) is 32.7 Å². The molecule has 0 unspecified atom stereocenters. The Balaban J connectivity index is 1.44. The van der Waals surface area contributed by atoms with Crippen molar-refractivity contribution in [2.45, 2.75) is 68.9 Å². The number of halogens is 2. The Morgan fingerprint density at radius 2 is 1.87 bits per heavy atom. The van der Waals surface area contributed by atoms with Gasteiger partial charge in [0.15, 0.2) is 0 Å². The number of nitrogens with zero attached hydrogens (tertiary/aromatic N) is 2. The smallest absolute Gasteiger partial charge is 0.308 e. The standard InChI is InChI=1S/C31H38Cl2N2O4/c1-21(36)39-26-6-4-5-24(17-26)30-13-14-35(19-22-7-8-22)20-31(30,38-3)12-11-25(18-30)34(2)29(37)16-23-9-10-27(32)28(33)15-23/h4-6,9-10,15,17,22,25H,7-8,11-14,16,18-20H2,1-3H3/t25-,30-,31-/m0/s1. The van der Waals surface area contributed by atoms with E-state index < -0.39 is 0 Å². The van der Waals surface area contributed by atoms with Crippen LogP contribution < -0.4 is 4.74 Å². The second-order valence-electron chi connectivity index (χ2n) is 11.7. The van der Waals surface area contributed by atoms with Crippen LogP contribution in [-0.2, 0) is 26.2 Å². The van der Waals surface area contributed by atoms with Crippen molar-refractivity contribution in [3.8, 4) is 5.75 Å². The molecule has 0 aromatic heterocycles. The Morgan fingerprint density at radius 3 is 2.56 bits per heavy atom. The maximum atomic E-state index is 13.5. The van der Waals surface area contributed by atoms with Crippen LogP contribution in [0.4, 0.5) is 0 Å². The molecule has 0 radical (unpaired) electrons. The molecule has 1 amide bonds. The van der Waals surface area contributed by atoms with Crippen LogP contribution in [0.25, 0.3) is 0 Å². The van der Waals surface area contributed by atoms with Gasteiger partial charge in [-0.2, -0.15) is 0 Å². The molecule has 2 saturated carbocycles. The van der Waals surface area contributed by atoms with Gasteiger partial charge in [0.05, 0.1) is 22.1 Å². The predicted molar refractivity (Wildman–Crippen MR) is 154 cm³/mol. The monoisotopic (exact) mass is 572 g/mol. The first-order valence-electron chi connectivity index (χ1n) is 13.9. The summed E-state index contributed by atoms with van der Waals surface area (Å²) in [4.78, 5) is 29.7. The summed E-state index contributed by atoms with van der Waals surface area (Å²) in [6, 6.07) is 13.3. The van der Waals surface area contributed by atoms with Crippen LogP contribution in [-0.4, -0.2) is 67.1 Å². The number of likely N-dealkylation sites (N-methyl/N-ethyl adjacent to an activating group) is 1. The molecular formula is C31H38Cl2N2O4. The number of carbonyl (C=O) groups is 2. The Kier molecular flexibility index (Phi) is 8.30. The van der Waals surface area contributed by atoms with Crippen LogP contribution in [0.3, 0.4) is 0 Å². The Morgan fingerprint density at radius 1 is 1.08 bits per heavy atom. The topological polar surface area (TPSA) is 59.1 Å². The molecular weight excluding hydrogens is 535 g/mol. The number of methoxy groups -OCH3 is 1. The zero-order chi connectivity index (χ0) is 27.8. The number of ether oxygens (including phenoxy) is 2. The average Bonchev–Trinajstić information content (AvgIpc) is 3.73. The van der Waals surface area contributed by atoms with Gasteiger partial charge >= 0.3 is 5.97 Å². The van der Waals surface area contributed by atoms with E-state index in [2.05, 4.69) is 11.0 Å². The minimum atomic E-state index is -0.390. The number of carbonyl (C=O) groups excluding carboxylic acids is 2. The maximum absolute atomic E-state index is 13.5. The van der Waals surface area contributed by atoms with E-state index in [-0.39, 0.29) is 35.4 Å². The number of hydrogen-bond acceptors (Lipinski definition) is 5. The molecule has 0 spiro atoms. The summed E-state index contributed by atoms with van der Waals surface area (Å²) >= 11 is 12.3. The third-order valence-corrected chi connectivity index (χ3v) is 9.94. The second-order valence-corrected chi connectivity index (χ2v) is 12.5. The summed E-state index contributed by atoms with van der Waals surface area (Å²) in [7, 11) is 3.75. The molecule has 5 rings (SSSR count). The second kappa shape index (κ2) is 11.4. The van der Waals surface area contributed by atoms with Gasteiger partial charge in [-0.3, -0.25) is 9.59 Å². The van der Waals surface area contributed by atoms with Gasteiger partial charge in [0, 0.05) is 45.6 Å². The van der Waals surface area contributed by atoms with E-state index in [1.54, 1.807) is 12.1 Å². The summed E-state index contributed by atoms with van der Waals surface area (Å²) in [6.07, 6.45) is 6.31. The highest BCUT2D eigenvalue weighted by atomic mass is 35.5. The van der Waals surface area contributed by atoms with Gasteiger partial charge in [0.1, 0.15) is 5.75 Å². The van der Waals surface area contributed by atoms with Crippen LogP contribution in [0.2, 0.25) is 10.0 Å². The van der Waals surface area contributed by atoms with Crippen molar-refractivity contribution in [1.29, 1.82) is 0 Å². The van der Waals surface area contributed by atoms with E-state index in [9.17, 15) is 9.59 Å². The maximum Gasteiger partial charge on any atom is 0.308 e. The van der Waals surface area contributed by atoms with E-state index in [0.717, 1.165) is 62.4 Å². The Bertz CT molecular complexity index is 1230. The van der Waals surface area contributed by atoms with Gasteiger partial charge in [0.2, 0.25) is 5.91 Å². The zero-order valence-electron chi connectivity index (χ0n) is 23.1. The number of benzene rings is 2. The first-order valence-corrected chi connectivity index (χ1v) is 14.7. The van der Waals surface area contributed by atoms with Crippen LogP contribution in [0, 0.1) is 5.92 Å². The van der Waals surface area contributed by atoms with Crippen LogP contribution >= 0.6 is 23.2 Å².